The predicted octanol–water partition coefficient (Wildman–Crippen LogP) is 4.77. The van der Waals surface area contributed by atoms with E-state index in [9.17, 15) is 18.0 Å². The number of hydrogen-bond acceptors (Lipinski definition) is 6. The van der Waals surface area contributed by atoms with Crippen LogP contribution in [-0.2, 0) is 15.3 Å². The van der Waals surface area contributed by atoms with Gasteiger partial charge < -0.3 is 4.42 Å². The first-order chi connectivity index (χ1) is 15.5. The molecule has 0 N–H and O–H groups in total. The molecule has 172 valence electrons. The van der Waals surface area contributed by atoms with Gasteiger partial charge in [0, 0.05) is 11.5 Å². The highest BCUT2D eigenvalue weighted by atomic mass is 35.5. The summed E-state index contributed by atoms with van der Waals surface area (Å²) in [5.74, 6) is -0.320. The highest BCUT2D eigenvalue weighted by Gasteiger charge is 2.46. The number of oxazole rings is 1. The van der Waals surface area contributed by atoms with Crippen molar-refractivity contribution in [2.45, 2.75) is 61.6 Å². The molecule has 7 nitrogen and oxygen atoms in total. The second-order valence-electron chi connectivity index (χ2n) is 9.65. The maximum Gasteiger partial charge on any atom is 0.261 e. The van der Waals surface area contributed by atoms with E-state index in [2.05, 4.69) is 4.98 Å². The third-order valence-electron chi connectivity index (χ3n) is 6.38. The lowest BCUT2D eigenvalue weighted by Crippen LogP contribution is -2.39. The van der Waals surface area contributed by atoms with Crippen LogP contribution in [0.2, 0.25) is 5.02 Å². The van der Waals surface area contributed by atoms with Crippen molar-refractivity contribution in [3.63, 3.8) is 0 Å². The largest absolute Gasteiger partial charge is 0.439 e. The summed E-state index contributed by atoms with van der Waals surface area (Å²) in [4.78, 5) is 31.3. The van der Waals surface area contributed by atoms with Gasteiger partial charge in [0.25, 0.3) is 11.8 Å². The molecule has 2 aromatic carbocycles. The predicted molar refractivity (Wildman–Crippen MR) is 123 cm³/mol. The summed E-state index contributed by atoms with van der Waals surface area (Å²) in [6.07, 6.45) is 0.876. The minimum atomic E-state index is -3.91. The lowest BCUT2D eigenvalue weighted by Gasteiger charge is -2.22. The Hall–Kier alpha value is -2.71. The van der Waals surface area contributed by atoms with Gasteiger partial charge in [-0.2, -0.15) is 0 Å². The number of aromatic nitrogens is 1. The van der Waals surface area contributed by atoms with Gasteiger partial charge >= 0.3 is 0 Å². The topological polar surface area (TPSA) is 97.5 Å². The van der Waals surface area contributed by atoms with Crippen molar-refractivity contribution in [2.24, 2.45) is 0 Å². The molecule has 1 aliphatic carbocycles. The van der Waals surface area contributed by atoms with Crippen molar-refractivity contribution in [2.75, 3.05) is 0 Å². The van der Waals surface area contributed by atoms with E-state index in [-0.39, 0.29) is 33.7 Å². The molecule has 2 heterocycles. The average Bonchev–Trinajstić information content (AvgIpc) is 3.45. The van der Waals surface area contributed by atoms with Crippen LogP contribution in [0.4, 0.5) is 0 Å². The number of benzene rings is 2. The standard InChI is InChI=1S/C24H23ClN2O5S/c1-24(2,3)23-26-18-11-10-17(25)20(19(18)32-23)33(30,31)14-9-8-13(12-14)27-21(28)15-6-4-5-7-16(15)22(27)29/h4-7,10-11,13-14H,8-9,12H2,1-3H3/t13-,14+/m1/s1. The van der Waals surface area contributed by atoms with Crippen molar-refractivity contribution in [3.8, 4) is 0 Å². The highest BCUT2D eigenvalue weighted by Crippen LogP contribution is 2.41. The Morgan fingerprint density at radius 3 is 2.27 bits per heavy atom. The number of carbonyl (C=O) groups is 2. The summed E-state index contributed by atoms with van der Waals surface area (Å²) in [5.41, 5.74) is 0.890. The number of carbonyl (C=O) groups excluding carboxylic acids is 2. The Kier molecular flexibility index (Phi) is 4.95. The van der Waals surface area contributed by atoms with E-state index < -0.39 is 26.5 Å². The first kappa shape index (κ1) is 22.1. The highest BCUT2D eigenvalue weighted by molar-refractivity contribution is 7.92. The van der Waals surface area contributed by atoms with Crippen LogP contribution in [0.5, 0.6) is 0 Å². The zero-order valence-corrected chi connectivity index (χ0v) is 20.0. The van der Waals surface area contributed by atoms with Crippen molar-refractivity contribution in [1.29, 1.82) is 0 Å². The van der Waals surface area contributed by atoms with E-state index in [1.54, 1.807) is 30.3 Å². The lowest BCUT2D eigenvalue weighted by molar-refractivity contribution is 0.0588. The van der Waals surface area contributed by atoms with Crippen LogP contribution in [-0.4, -0.2) is 41.4 Å². The maximum atomic E-state index is 13.7. The fraction of sp³-hybridized carbons (Fsp3) is 0.375. The summed E-state index contributed by atoms with van der Waals surface area (Å²) in [6, 6.07) is 9.33. The lowest BCUT2D eigenvalue weighted by atomic mass is 9.97. The summed E-state index contributed by atoms with van der Waals surface area (Å²) in [7, 11) is -3.91. The van der Waals surface area contributed by atoms with Gasteiger partial charge in [0.1, 0.15) is 10.4 Å². The molecular weight excluding hydrogens is 464 g/mol. The Morgan fingerprint density at radius 2 is 1.67 bits per heavy atom. The number of sulfone groups is 1. The number of fused-ring (bicyclic) bond motifs is 2. The van der Waals surface area contributed by atoms with Crippen molar-refractivity contribution in [3.05, 3.63) is 58.4 Å². The van der Waals surface area contributed by atoms with Crippen LogP contribution in [0.25, 0.3) is 11.1 Å². The second-order valence-corrected chi connectivity index (χ2v) is 12.2. The molecule has 2 amide bonds. The molecule has 1 aliphatic heterocycles. The van der Waals surface area contributed by atoms with Gasteiger partial charge in [-0.15, -0.1) is 0 Å². The summed E-state index contributed by atoms with van der Waals surface area (Å²) < 4.78 is 33.3. The Bertz CT molecular complexity index is 1390. The summed E-state index contributed by atoms with van der Waals surface area (Å²) >= 11 is 6.37. The van der Waals surface area contributed by atoms with E-state index in [1.807, 2.05) is 20.8 Å². The van der Waals surface area contributed by atoms with E-state index in [1.165, 1.54) is 11.0 Å². The zero-order chi connectivity index (χ0) is 23.7. The first-order valence-electron chi connectivity index (χ1n) is 10.8. The average molecular weight is 487 g/mol. The molecule has 1 fully saturated rings. The molecule has 3 aromatic rings. The van der Waals surface area contributed by atoms with Gasteiger partial charge in [-0.25, -0.2) is 13.4 Å². The molecule has 0 radical (unpaired) electrons. The van der Waals surface area contributed by atoms with Crippen LogP contribution in [0, 0.1) is 0 Å². The molecular formula is C24H23ClN2O5S. The fourth-order valence-electron chi connectivity index (χ4n) is 4.67. The summed E-state index contributed by atoms with van der Waals surface area (Å²) in [5, 5.41) is -0.721. The molecule has 9 heteroatoms. The fourth-order valence-corrected chi connectivity index (χ4v) is 7.14. The second kappa shape index (κ2) is 7.40. The van der Waals surface area contributed by atoms with Crippen molar-refractivity contribution in [1.82, 2.24) is 9.88 Å². The first-order valence-corrected chi connectivity index (χ1v) is 12.7. The van der Waals surface area contributed by atoms with Crippen molar-refractivity contribution >= 4 is 44.4 Å². The van der Waals surface area contributed by atoms with Crippen LogP contribution in [0.3, 0.4) is 0 Å². The van der Waals surface area contributed by atoms with E-state index in [0.29, 0.717) is 35.4 Å². The number of rotatable bonds is 3. The van der Waals surface area contributed by atoms with Crippen LogP contribution in [0.1, 0.15) is 66.6 Å². The number of nitrogens with zero attached hydrogens (tertiary/aromatic N) is 2. The van der Waals surface area contributed by atoms with Gasteiger partial charge in [0.05, 0.1) is 21.4 Å². The van der Waals surface area contributed by atoms with E-state index in [4.69, 9.17) is 16.0 Å². The Morgan fingerprint density at radius 1 is 1.03 bits per heavy atom. The number of hydrogen-bond donors (Lipinski definition) is 0. The number of imide groups is 1. The maximum absolute atomic E-state index is 13.7. The van der Waals surface area contributed by atoms with Gasteiger partial charge in [0.15, 0.2) is 15.4 Å². The third kappa shape index (κ3) is 3.38. The molecule has 5 rings (SSSR count). The smallest absolute Gasteiger partial charge is 0.261 e. The minimum absolute atomic E-state index is 0.0716. The molecule has 1 aromatic heterocycles. The van der Waals surface area contributed by atoms with Gasteiger partial charge in [-0.05, 0) is 43.5 Å². The van der Waals surface area contributed by atoms with E-state index >= 15 is 0 Å². The van der Waals surface area contributed by atoms with Gasteiger partial charge in [0.2, 0.25) is 5.89 Å². The minimum Gasteiger partial charge on any atom is -0.439 e. The quantitative estimate of drug-likeness (QED) is 0.494. The van der Waals surface area contributed by atoms with Crippen LogP contribution < -0.4 is 0 Å². The summed E-state index contributed by atoms with van der Waals surface area (Å²) in [6.45, 7) is 5.78. The molecule has 0 spiro atoms. The third-order valence-corrected chi connectivity index (χ3v) is 9.08. The Labute approximate surface area is 196 Å². The molecule has 2 aliphatic rings. The van der Waals surface area contributed by atoms with E-state index in [0.717, 1.165) is 0 Å². The van der Waals surface area contributed by atoms with Crippen LogP contribution in [0.15, 0.2) is 45.7 Å². The number of amides is 2. The molecule has 0 unspecified atom stereocenters. The molecule has 33 heavy (non-hydrogen) atoms. The van der Waals surface area contributed by atoms with Crippen molar-refractivity contribution < 1.29 is 22.4 Å². The zero-order valence-electron chi connectivity index (χ0n) is 18.5. The van der Waals surface area contributed by atoms with Gasteiger partial charge in [-0.3, -0.25) is 14.5 Å². The Balaban J connectivity index is 1.49. The molecule has 2 atom stereocenters. The van der Waals surface area contributed by atoms with Crippen LogP contribution >= 0.6 is 11.6 Å². The molecule has 0 bridgehead atoms. The van der Waals surface area contributed by atoms with Gasteiger partial charge in [-0.1, -0.05) is 44.5 Å². The molecule has 1 saturated carbocycles. The SMILES string of the molecule is CC(C)(C)c1nc2ccc(Cl)c(S(=O)(=O)[C@H]3CC[C@@H](N4C(=O)c5ccccc5C4=O)C3)c2o1. The number of halogens is 1. The monoisotopic (exact) mass is 486 g/mol. The normalized spacial score (nSPS) is 21.3. The molecule has 0 saturated heterocycles.